The maximum atomic E-state index is 12.9. The van der Waals surface area contributed by atoms with Gasteiger partial charge in [0, 0.05) is 36.6 Å². The van der Waals surface area contributed by atoms with Crippen LogP contribution < -0.4 is 14.8 Å². The van der Waals surface area contributed by atoms with Gasteiger partial charge in [0.2, 0.25) is 5.91 Å². The lowest BCUT2D eigenvalue weighted by Crippen LogP contribution is -2.46. The van der Waals surface area contributed by atoms with E-state index in [2.05, 4.69) is 10.0 Å². The lowest BCUT2D eigenvalue weighted by molar-refractivity contribution is -0.119. The van der Waals surface area contributed by atoms with Crippen LogP contribution >= 0.6 is 11.6 Å². The minimum atomic E-state index is -3.98. The fourth-order valence-electron chi connectivity index (χ4n) is 3.46. The van der Waals surface area contributed by atoms with Crippen molar-refractivity contribution >= 4 is 39.1 Å². The molecule has 1 saturated heterocycles. The summed E-state index contributed by atoms with van der Waals surface area (Å²) in [6.07, 6.45) is 1.30. The van der Waals surface area contributed by atoms with Crippen LogP contribution in [-0.4, -0.2) is 51.4 Å². The van der Waals surface area contributed by atoms with Gasteiger partial charge in [-0.1, -0.05) is 17.7 Å². The highest BCUT2D eigenvalue weighted by atomic mass is 35.5. The molecule has 2 aromatic rings. The van der Waals surface area contributed by atoms with Gasteiger partial charge in [-0.25, -0.2) is 8.42 Å². The van der Waals surface area contributed by atoms with Crippen LogP contribution in [0.2, 0.25) is 5.02 Å². The molecule has 8 nitrogen and oxygen atoms in total. The van der Waals surface area contributed by atoms with Crippen LogP contribution in [0.15, 0.2) is 47.4 Å². The summed E-state index contributed by atoms with van der Waals surface area (Å²) >= 11 is 5.98. The largest absolute Gasteiger partial charge is 0.495 e. The number of sulfonamides is 1. The van der Waals surface area contributed by atoms with Crippen molar-refractivity contribution in [2.75, 3.05) is 24.9 Å². The van der Waals surface area contributed by atoms with E-state index < -0.39 is 10.0 Å². The Morgan fingerprint density at radius 3 is 2.48 bits per heavy atom. The summed E-state index contributed by atoms with van der Waals surface area (Å²) in [5.41, 5.74) is 0.477. The molecule has 0 aliphatic carbocycles. The number of rotatable bonds is 6. The standard InChI is InChI=1S/C21H24ClN3O5S/c1-14(26)23-17-8-10-25(11-9-17)21(27)15-4-3-5-18(12-15)31(28,29)24-19-13-16(22)6-7-20(19)30-2/h3-7,12-13,17,24H,8-11H2,1-2H3,(H,23,26). The number of anilines is 1. The normalized spacial score (nSPS) is 14.7. The number of halogens is 1. The Morgan fingerprint density at radius 2 is 1.84 bits per heavy atom. The van der Waals surface area contributed by atoms with Gasteiger partial charge in [-0.15, -0.1) is 0 Å². The number of benzene rings is 2. The van der Waals surface area contributed by atoms with Gasteiger partial charge in [-0.3, -0.25) is 14.3 Å². The third kappa shape index (κ3) is 5.68. The highest BCUT2D eigenvalue weighted by Crippen LogP contribution is 2.30. The molecule has 1 fully saturated rings. The number of hydrogen-bond donors (Lipinski definition) is 2. The van der Waals surface area contributed by atoms with Gasteiger partial charge in [0.25, 0.3) is 15.9 Å². The molecule has 0 saturated carbocycles. The molecule has 1 aliphatic heterocycles. The number of nitrogens with one attached hydrogen (secondary N) is 2. The van der Waals surface area contributed by atoms with Crippen molar-refractivity contribution in [3.05, 3.63) is 53.1 Å². The van der Waals surface area contributed by atoms with Crippen LogP contribution in [-0.2, 0) is 14.8 Å². The van der Waals surface area contributed by atoms with E-state index in [-0.39, 0.29) is 34.0 Å². The van der Waals surface area contributed by atoms with Crippen molar-refractivity contribution in [3.63, 3.8) is 0 Å². The average Bonchev–Trinajstić information content (AvgIpc) is 2.73. The Kier molecular flexibility index (Phi) is 7.07. The van der Waals surface area contributed by atoms with Crippen LogP contribution in [0.25, 0.3) is 0 Å². The van der Waals surface area contributed by atoms with Gasteiger partial charge in [-0.2, -0.15) is 0 Å². The number of hydrogen-bond acceptors (Lipinski definition) is 5. The Morgan fingerprint density at radius 1 is 1.13 bits per heavy atom. The smallest absolute Gasteiger partial charge is 0.262 e. The number of ether oxygens (including phenoxy) is 1. The van der Waals surface area contributed by atoms with E-state index in [1.54, 1.807) is 23.1 Å². The first-order valence-electron chi connectivity index (χ1n) is 9.72. The van der Waals surface area contributed by atoms with Crippen molar-refractivity contribution < 1.29 is 22.7 Å². The van der Waals surface area contributed by atoms with Crippen molar-refractivity contribution in [2.24, 2.45) is 0 Å². The van der Waals surface area contributed by atoms with E-state index in [9.17, 15) is 18.0 Å². The number of methoxy groups -OCH3 is 1. The molecular weight excluding hydrogens is 442 g/mol. The zero-order valence-electron chi connectivity index (χ0n) is 17.2. The summed E-state index contributed by atoms with van der Waals surface area (Å²) in [5, 5.41) is 3.21. The first kappa shape index (κ1) is 22.9. The Balaban J connectivity index is 1.76. The van der Waals surface area contributed by atoms with E-state index in [1.807, 2.05) is 0 Å². The van der Waals surface area contributed by atoms with E-state index in [0.717, 1.165) is 0 Å². The molecule has 2 amide bonds. The van der Waals surface area contributed by atoms with Crippen molar-refractivity contribution in [1.82, 2.24) is 10.2 Å². The number of carbonyl (C=O) groups is 2. The van der Waals surface area contributed by atoms with E-state index >= 15 is 0 Å². The first-order chi connectivity index (χ1) is 14.7. The van der Waals surface area contributed by atoms with Gasteiger partial charge in [0.15, 0.2) is 0 Å². The number of nitrogens with zero attached hydrogens (tertiary/aromatic N) is 1. The Bertz CT molecular complexity index is 1080. The van der Waals surface area contributed by atoms with E-state index in [4.69, 9.17) is 16.3 Å². The van der Waals surface area contributed by atoms with Crippen molar-refractivity contribution in [1.29, 1.82) is 0 Å². The second-order valence-corrected chi connectivity index (χ2v) is 9.36. The van der Waals surface area contributed by atoms with Crippen molar-refractivity contribution in [2.45, 2.75) is 30.7 Å². The average molecular weight is 466 g/mol. The van der Waals surface area contributed by atoms with Crippen LogP contribution in [0.5, 0.6) is 5.75 Å². The second kappa shape index (κ2) is 9.57. The molecular formula is C21H24ClN3O5S. The molecule has 0 bridgehead atoms. The molecule has 0 aromatic heterocycles. The molecule has 2 N–H and O–H groups in total. The molecule has 3 rings (SSSR count). The molecule has 0 atom stereocenters. The molecule has 166 valence electrons. The third-order valence-corrected chi connectivity index (χ3v) is 6.58. The number of amides is 2. The third-order valence-electron chi connectivity index (χ3n) is 4.99. The van der Waals surface area contributed by atoms with Gasteiger partial charge in [-0.05, 0) is 49.2 Å². The molecule has 1 aliphatic rings. The molecule has 0 unspecified atom stereocenters. The SMILES string of the molecule is COc1ccc(Cl)cc1NS(=O)(=O)c1cccc(C(=O)N2CCC(NC(C)=O)CC2)c1. The highest BCUT2D eigenvalue weighted by molar-refractivity contribution is 7.92. The fourth-order valence-corrected chi connectivity index (χ4v) is 4.74. The van der Waals surface area contributed by atoms with Gasteiger partial charge in [0.1, 0.15) is 5.75 Å². The lowest BCUT2D eigenvalue weighted by Gasteiger charge is -2.32. The van der Waals surface area contributed by atoms with E-state index in [1.165, 1.54) is 38.3 Å². The number of piperidine rings is 1. The zero-order valence-corrected chi connectivity index (χ0v) is 18.8. The monoisotopic (exact) mass is 465 g/mol. The first-order valence-corrected chi connectivity index (χ1v) is 11.6. The predicted molar refractivity (Wildman–Crippen MR) is 118 cm³/mol. The summed E-state index contributed by atoms with van der Waals surface area (Å²) < 4.78 is 33.5. The van der Waals surface area contributed by atoms with Crippen LogP contribution in [0.4, 0.5) is 5.69 Å². The predicted octanol–water partition coefficient (Wildman–Crippen LogP) is 2.89. The lowest BCUT2D eigenvalue weighted by atomic mass is 10.0. The molecule has 31 heavy (non-hydrogen) atoms. The van der Waals surface area contributed by atoms with Crippen molar-refractivity contribution in [3.8, 4) is 5.75 Å². The van der Waals surface area contributed by atoms with Gasteiger partial charge in [0.05, 0.1) is 17.7 Å². The highest BCUT2D eigenvalue weighted by Gasteiger charge is 2.25. The summed E-state index contributed by atoms with van der Waals surface area (Å²) in [7, 11) is -2.55. The molecule has 10 heteroatoms. The maximum Gasteiger partial charge on any atom is 0.262 e. The summed E-state index contributed by atoms with van der Waals surface area (Å²) in [5.74, 6) is -0.0209. The molecule has 0 spiro atoms. The van der Waals surface area contributed by atoms with Gasteiger partial charge < -0.3 is 15.0 Å². The number of likely N-dealkylation sites (tertiary alicyclic amines) is 1. The Labute approximate surface area is 186 Å². The van der Waals surface area contributed by atoms with Crippen LogP contribution in [0.3, 0.4) is 0 Å². The van der Waals surface area contributed by atoms with Crippen LogP contribution in [0.1, 0.15) is 30.1 Å². The zero-order chi connectivity index (χ0) is 22.6. The second-order valence-electron chi connectivity index (χ2n) is 7.24. The fraction of sp³-hybridized carbons (Fsp3) is 0.333. The molecule has 2 aromatic carbocycles. The van der Waals surface area contributed by atoms with Gasteiger partial charge >= 0.3 is 0 Å². The Hall–Kier alpha value is -2.78. The topological polar surface area (TPSA) is 105 Å². The number of carbonyl (C=O) groups excluding carboxylic acids is 2. The summed E-state index contributed by atoms with van der Waals surface area (Å²) in [6, 6.07) is 10.5. The quantitative estimate of drug-likeness (QED) is 0.682. The minimum Gasteiger partial charge on any atom is -0.495 e. The maximum absolute atomic E-state index is 12.9. The molecule has 0 radical (unpaired) electrons. The summed E-state index contributed by atoms with van der Waals surface area (Å²) in [6.45, 7) is 2.44. The summed E-state index contributed by atoms with van der Waals surface area (Å²) in [4.78, 5) is 25.7. The minimum absolute atomic E-state index is 0.0464. The van der Waals surface area contributed by atoms with Crippen LogP contribution in [0, 0.1) is 0 Å². The molecule has 1 heterocycles. The van der Waals surface area contributed by atoms with E-state index in [0.29, 0.717) is 36.7 Å².